The van der Waals surface area contributed by atoms with E-state index in [1.807, 2.05) is 29.2 Å². The molecule has 0 radical (unpaired) electrons. The van der Waals surface area contributed by atoms with Crippen LogP contribution in [0, 0.1) is 5.92 Å². The molecule has 1 amide bonds. The van der Waals surface area contributed by atoms with Crippen molar-refractivity contribution in [1.29, 1.82) is 0 Å². The largest absolute Gasteiger partial charge is 0.399 e. The van der Waals surface area contributed by atoms with E-state index in [9.17, 15) is 4.79 Å². The van der Waals surface area contributed by atoms with E-state index < -0.39 is 0 Å². The van der Waals surface area contributed by atoms with Crippen molar-refractivity contribution in [3.8, 4) is 0 Å². The summed E-state index contributed by atoms with van der Waals surface area (Å²) in [5.41, 5.74) is 7.40. The Morgan fingerprint density at radius 1 is 1.32 bits per heavy atom. The lowest BCUT2D eigenvalue weighted by atomic mass is 9.97. The van der Waals surface area contributed by atoms with Crippen LogP contribution in [0.15, 0.2) is 24.3 Å². The van der Waals surface area contributed by atoms with Crippen molar-refractivity contribution in [1.82, 2.24) is 4.90 Å². The maximum absolute atomic E-state index is 12.2. The summed E-state index contributed by atoms with van der Waals surface area (Å²) in [5.74, 6) is 0.811. The van der Waals surface area contributed by atoms with Gasteiger partial charge in [0.15, 0.2) is 0 Å². The number of nitrogens with two attached hydrogens (primary N) is 1. The Morgan fingerprint density at radius 2 is 1.95 bits per heavy atom. The van der Waals surface area contributed by atoms with Gasteiger partial charge in [0.25, 0.3) is 0 Å². The minimum absolute atomic E-state index is 0.209. The molecule has 1 aromatic rings. The summed E-state index contributed by atoms with van der Waals surface area (Å²) >= 11 is 0. The van der Waals surface area contributed by atoms with E-state index in [2.05, 4.69) is 0 Å². The summed E-state index contributed by atoms with van der Waals surface area (Å²) in [6, 6.07) is 7.52. The van der Waals surface area contributed by atoms with Gasteiger partial charge in [0, 0.05) is 32.5 Å². The standard InChI is InChI=1S/C15H22N2O2/c1-19-11-13-6-8-17(9-7-13)15(18)10-12-2-4-14(16)5-3-12/h2-5,13H,6-11,16H2,1H3. The van der Waals surface area contributed by atoms with Crippen LogP contribution in [0.5, 0.6) is 0 Å². The molecule has 0 aromatic heterocycles. The smallest absolute Gasteiger partial charge is 0.226 e. The lowest BCUT2D eigenvalue weighted by Gasteiger charge is -2.31. The average Bonchev–Trinajstić information content (AvgIpc) is 2.42. The number of piperidine rings is 1. The molecular weight excluding hydrogens is 240 g/mol. The first kappa shape index (κ1) is 13.9. The predicted octanol–water partition coefficient (Wildman–Crippen LogP) is 1.70. The van der Waals surface area contributed by atoms with Gasteiger partial charge in [-0.15, -0.1) is 0 Å². The number of nitrogens with zero attached hydrogens (tertiary/aromatic N) is 1. The molecule has 0 spiro atoms. The SMILES string of the molecule is COCC1CCN(C(=O)Cc2ccc(N)cc2)CC1. The van der Waals surface area contributed by atoms with Gasteiger partial charge in [-0.2, -0.15) is 0 Å². The first-order valence-corrected chi connectivity index (χ1v) is 6.80. The lowest BCUT2D eigenvalue weighted by molar-refractivity contribution is -0.132. The molecule has 1 aromatic carbocycles. The van der Waals surface area contributed by atoms with Crippen LogP contribution < -0.4 is 5.73 Å². The number of likely N-dealkylation sites (tertiary alicyclic amines) is 1. The highest BCUT2D eigenvalue weighted by Crippen LogP contribution is 2.18. The monoisotopic (exact) mass is 262 g/mol. The Kier molecular flexibility index (Phi) is 4.80. The quantitative estimate of drug-likeness (QED) is 0.840. The molecule has 0 aliphatic carbocycles. The van der Waals surface area contributed by atoms with Crippen LogP contribution >= 0.6 is 0 Å². The number of hydrogen-bond donors (Lipinski definition) is 1. The topological polar surface area (TPSA) is 55.6 Å². The maximum Gasteiger partial charge on any atom is 0.226 e. The van der Waals surface area contributed by atoms with E-state index in [1.165, 1.54) is 0 Å². The van der Waals surface area contributed by atoms with Crippen molar-refractivity contribution < 1.29 is 9.53 Å². The van der Waals surface area contributed by atoms with Gasteiger partial charge < -0.3 is 15.4 Å². The Balaban J connectivity index is 1.83. The molecule has 104 valence electrons. The van der Waals surface area contributed by atoms with Gasteiger partial charge in [-0.1, -0.05) is 12.1 Å². The third-order valence-corrected chi connectivity index (χ3v) is 3.70. The van der Waals surface area contributed by atoms with Crippen LogP contribution in [0.3, 0.4) is 0 Å². The van der Waals surface area contributed by atoms with E-state index >= 15 is 0 Å². The van der Waals surface area contributed by atoms with Crippen molar-refractivity contribution in [2.45, 2.75) is 19.3 Å². The van der Waals surface area contributed by atoms with Crippen molar-refractivity contribution >= 4 is 11.6 Å². The first-order valence-electron chi connectivity index (χ1n) is 6.80. The van der Waals surface area contributed by atoms with Crippen LogP contribution in [0.2, 0.25) is 0 Å². The molecule has 1 aliphatic rings. The van der Waals surface area contributed by atoms with Crippen LogP contribution in [0.25, 0.3) is 0 Å². The van der Waals surface area contributed by atoms with Gasteiger partial charge in [0.05, 0.1) is 6.42 Å². The van der Waals surface area contributed by atoms with E-state index in [-0.39, 0.29) is 5.91 Å². The van der Waals surface area contributed by atoms with Crippen molar-refractivity contribution in [2.24, 2.45) is 5.92 Å². The fraction of sp³-hybridized carbons (Fsp3) is 0.533. The number of benzene rings is 1. The van der Waals surface area contributed by atoms with Crippen LogP contribution in [0.4, 0.5) is 5.69 Å². The van der Waals surface area contributed by atoms with Crippen molar-refractivity contribution in [3.05, 3.63) is 29.8 Å². The Morgan fingerprint density at radius 3 is 2.53 bits per heavy atom. The number of hydrogen-bond acceptors (Lipinski definition) is 3. The van der Waals surface area contributed by atoms with Gasteiger partial charge in [0.2, 0.25) is 5.91 Å². The molecule has 4 heteroatoms. The molecule has 0 unspecified atom stereocenters. The number of methoxy groups -OCH3 is 1. The summed E-state index contributed by atoms with van der Waals surface area (Å²) in [7, 11) is 1.73. The zero-order chi connectivity index (χ0) is 13.7. The van der Waals surface area contributed by atoms with Gasteiger partial charge >= 0.3 is 0 Å². The fourth-order valence-corrected chi connectivity index (χ4v) is 2.51. The molecule has 1 fully saturated rings. The average molecular weight is 262 g/mol. The zero-order valence-electron chi connectivity index (χ0n) is 11.5. The second kappa shape index (κ2) is 6.57. The molecule has 19 heavy (non-hydrogen) atoms. The summed E-state index contributed by atoms with van der Waals surface area (Å²) in [6.07, 6.45) is 2.55. The van der Waals surface area contributed by atoms with E-state index in [0.29, 0.717) is 12.3 Å². The van der Waals surface area contributed by atoms with Gasteiger partial charge in [-0.05, 0) is 36.5 Å². The van der Waals surface area contributed by atoms with E-state index in [1.54, 1.807) is 7.11 Å². The lowest BCUT2D eigenvalue weighted by Crippen LogP contribution is -2.40. The van der Waals surface area contributed by atoms with E-state index in [4.69, 9.17) is 10.5 Å². The number of carbonyl (C=O) groups is 1. The van der Waals surface area contributed by atoms with Gasteiger partial charge in [-0.3, -0.25) is 4.79 Å². The highest BCUT2D eigenvalue weighted by Gasteiger charge is 2.22. The number of carbonyl (C=O) groups excluding carboxylic acids is 1. The molecule has 4 nitrogen and oxygen atoms in total. The molecular formula is C15H22N2O2. The molecule has 0 bridgehead atoms. The number of nitrogen functional groups attached to an aromatic ring is 1. The van der Waals surface area contributed by atoms with Crippen molar-refractivity contribution in [3.63, 3.8) is 0 Å². The predicted molar refractivity (Wildman–Crippen MR) is 75.7 cm³/mol. The number of ether oxygens (including phenoxy) is 1. The molecule has 0 atom stereocenters. The normalized spacial score (nSPS) is 16.6. The van der Waals surface area contributed by atoms with Crippen LogP contribution in [-0.2, 0) is 16.0 Å². The zero-order valence-corrected chi connectivity index (χ0v) is 11.5. The second-order valence-electron chi connectivity index (χ2n) is 5.20. The highest BCUT2D eigenvalue weighted by molar-refractivity contribution is 5.79. The summed E-state index contributed by atoms with van der Waals surface area (Å²) in [5, 5.41) is 0. The Hall–Kier alpha value is -1.55. The van der Waals surface area contributed by atoms with Gasteiger partial charge in [0.1, 0.15) is 0 Å². The Bertz CT molecular complexity index is 409. The maximum atomic E-state index is 12.2. The first-order chi connectivity index (χ1) is 9.19. The third kappa shape index (κ3) is 3.96. The Labute approximate surface area is 114 Å². The molecule has 1 saturated heterocycles. The van der Waals surface area contributed by atoms with Crippen LogP contribution in [0.1, 0.15) is 18.4 Å². The number of amides is 1. The van der Waals surface area contributed by atoms with Crippen LogP contribution in [-0.4, -0.2) is 37.6 Å². The third-order valence-electron chi connectivity index (χ3n) is 3.70. The molecule has 1 heterocycles. The number of anilines is 1. The molecule has 1 aliphatic heterocycles. The molecule has 2 rings (SSSR count). The minimum atomic E-state index is 0.209. The molecule has 2 N–H and O–H groups in total. The minimum Gasteiger partial charge on any atom is -0.399 e. The summed E-state index contributed by atoms with van der Waals surface area (Å²) < 4.78 is 5.17. The fourth-order valence-electron chi connectivity index (χ4n) is 2.51. The van der Waals surface area contributed by atoms with Crippen molar-refractivity contribution in [2.75, 3.05) is 32.5 Å². The number of rotatable bonds is 4. The summed E-state index contributed by atoms with van der Waals surface area (Å²) in [4.78, 5) is 14.1. The second-order valence-corrected chi connectivity index (χ2v) is 5.20. The summed E-state index contributed by atoms with van der Waals surface area (Å²) in [6.45, 7) is 2.50. The highest BCUT2D eigenvalue weighted by atomic mass is 16.5. The van der Waals surface area contributed by atoms with Gasteiger partial charge in [-0.25, -0.2) is 0 Å². The molecule has 0 saturated carbocycles. The van der Waals surface area contributed by atoms with E-state index in [0.717, 1.165) is 43.8 Å².